The van der Waals surface area contributed by atoms with E-state index in [9.17, 15) is 19.7 Å². The Balaban J connectivity index is 1.59. The lowest BCUT2D eigenvalue weighted by Crippen LogP contribution is -2.43. The number of hydrogen-bond acceptors (Lipinski definition) is 6. The van der Waals surface area contributed by atoms with Gasteiger partial charge in [0.2, 0.25) is 5.91 Å². The van der Waals surface area contributed by atoms with Crippen LogP contribution in [0.15, 0.2) is 47.6 Å². The molecule has 0 heterocycles. The SMILES string of the molecule is CC12CCC(C(=O)Nc3cccc([N+](=O)[O-])c3)(CC1=NOC(=O)c1ccc(Cl)cc1Cl)C2(C)C. The van der Waals surface area contributed by atoms with Crippen molar-refractivity contribution in [3.63, 3.8) is 0 Å². The van der Waals surface area contributed by atoms with E-state index in [1.807, 2.05) is 20.8 Å². The van der Waals surface area contributed by atoms with Crippen molar-refractivity contribution in [3.8, 4) is 0 Å². The fraction of sp³-hybridized carbons (Fsp3) is 0.375. The van der Waals surface area contributed by atoms with Gasteiger partial charge in [0, 0.05) is 34.7 Å². The summed E-state index contributed by atoms with van der Waals surface area (Å²) in [5.41, 5.74) is -0.780. The smallest absolute Gasteiger partial charge is 0.325 e. The van der Waals surface area contributed by atoms with Gasteiger partial charge in [0.1, 0.15) is 0 Å². The second-order valence-electron chi connectivity index (χ2n) is 9.52. The highest BCUT2D eigenvalue weighted by Gasteiger charge is 2.71. The first kappa shape index (κ1) is 24.2. The van der Waals surface area contributed by atoms with Gasteiger partial charge in [-0.1, -0.05) is 55.2 Å². The zero-order chi connectivity index (χ0) is 24.9. The molecular weight excluding hydrogens is 481 g/mol. The van der Waals surface area contributed by atoms with Crippen LogP contribution in [-0.2, 0) is 9.63 Å². The van der Waals surface area contributed by atoms with E-state index in [1.54, 1.807) is 6.07 Å². The molecule has 0 spiro atoms. The summed E-state index contributed by atoms with van der Waals surface area (Å²) in [4.78, 5) is 41.9. The minimum atomic E-state index is -0.810. The van der Waals surface area contributed by atoms with Crippen LogP contribution in [0.3, 0.4) is 0 Å². The Hall–Kier alpha value is -2.97. The number of halogens is 2. The summed E-state index contributed by atoms with van der Waals surface area (Å²) in [7, 11) is 0. The van der Waals surface area contributed by atoms with Crippen LogP contribution < -0.4 is 5.32 Å². The number of oxime groups is 1. The molecule has 2 unspecified atom stereocenters. The highest BCUT2D eigenvalue weighted by Crippen LogP contribution is 2.71. The van der Waals surface area contributed by atoms with Gasteiger partial charge in [0.05, 0.1) is 26.6 Å². The lowest BCUT2D eigenvalue weighted by atomic mass is 9.64. The number of carbonyl (C=O) groups excluding carboxylic acids is 2. The van der Waals surface area contributed by atoms with Crippen molar-refractivity contribution in [2.24, 2.45) is 21.4 Å². The van der Waals surface area contributed by atoms with Gasteiger partial charge >= 0.3 is 5.97 Å². The summed E-state index contributed by atoms with van der Waals surface area (Å²) in [5.74, 6) is -0.951. The Morgan fingerprint density at radius 2 is 1.85 bits per heavy atom. The second kappa shape index (κ2) is 8.36. The first-order valence-corrected chi connectivity index (χ1v) is 11.5. The van der Waals surface area contributed by atoms with Crippen LogP contribution >= 0.6 is 23.2 Å². The van der Waals surface area contributed by atoms with Gasteiger partial charge in [-0.3, -0.25) is 14.9 Å². The van der Waals surface area contributed by atoms with E-state index in [0.717, 1.165) is 0 Å². The van der Waals surface area contributed by atoms with E-state index in [1.165, 1.54) is 36.4 Å². The molecule has 2 fully saturated rings. The molecule has 0 radical (unpaired) electrons. The lowest BCUT2D eigenvalue weighted by Gasteiger charge is -2.39. The summed E-state index contributed by atoms with van der Waals surface area (Å²) < 4.78 is 0. The van der Waals surface area contributed by atoms with Crippen molar-refractivity contribution in [1.82, 2.24) is 0 Å². The van der Waals surface area contributed by atoms with Crippen molar-refractivity contribution < 1.29 is 19.3 Å². The van der Waals surface area contributed by atoms with Crippen LogP contribution in [0.25, 0.3) is 0 Å². The monoisotopic (exact) mass is 503 g/mol. The number of hydrogen-bond donors (Lipinski definition) is 1. The molecular formula is C24H23Cl2N3O5. The van der Waals surface area contributed by atoms with Gasteiger partial charge in [-0.15, -0.1) is 0 Å². The molecule has 2 saturated carbocycles. The van der Waals surface area contributed by atoms with Gasteiger partial charge in [-0.2, -0.15) is 0 Å². The molecule has 10 heteroatoms. The molecule has 2 aliphatic carbocycles. The quantitative estimate of drug-likeness (QED) is 0.293. The summed E-state index contributed by atoms with van der Waals surface area (Å²) in [6.07, 6.45) is 1.60. The molecule has 1 N–H and O–H groups in total. The molecule has 4 rings (SSSR count). The topological polar surface area (TPSA) is 111 Å². The molecule has 1 amide bonds. The van der Waals surface area contributed by atoms with E-state index < -0.39 is 27.1 Å². The van der Waals surface area contributed by atoms with E-state index in [2.05, 4.69) is 10.5 Å². The predicted octanol–water partition coefficient (Wildman–Crippen LogP) is 6.27. The van der Waals surface area contributed by atoms with Gasteiger partial charge < -0.3 is 10.2 Å². The van der Waals surface area contributed by atoms with Crippen molar-refractivity contribution in [2.45, 2.75) is 40.0 Å². The molecule has 2 bridgehead atoms. The first-order valence-electron chi connectivity index (χ1n) is 10.7. The van der Waals surface area contributed by atoms with E-state index in [0.29, 0.717) is 35.7 Å². The van der Waals surface area contributed by atoms with Crippen LogP contribution in [0.4, 0.5) is 11.4 Å². The molecule has 8 nitrogen and oxygen atoms in total. The third-order valence-corrected chi connectivity index (χ3v) is 8.42. The average molecular weight is 504 g/mol. The third-order valence-electron chi connectivity index (χ3n) is 7.87. The third kappa shape index (κ3) is 3.65. The summed E-state index contributed by atoms with van der Waals surface area (Å²) in [6, 6.07) is 10.3. The van der Waals surface area contributed by atoms with Gasteiger partial charge in [0.15, 0.2) is 0 Å². The van der Waals surface area contributed by atoms with Crippen LogP contribution in [0.2, 0.25) is 10.0 Å². The van der Waals surface area contributed by atoms with E-state index >= 15 is 0 Å². The Bertz CT molecular complexity index is 1240. The van der Waals surface area contributed by atoms with Crippen molar-refractivity contribution in [3.05, 3.63) is 68.2 Å². The molecule has 2 atom stereocenters. The standard InChI is InChI=1S/C24H23Cl2N3O5/c1-22(2)23(3)9-10-24(22,21(31)27-15-5-4-6-16(12-15)29(32)33)13-19(23)28-34-20(30)17-8-7-14(25)11-18(17)26/h4-8,11-12H,9-10,13H2,1-3H3,(H,27,31). The zero-order valence-corrected chi connectivity index (χ0v) is 20.4. The minimum absolute atomic E-state index is 0.104. The summed E-state index contributed by atoms with van der Waals surface area (Å²) >= 11 is 12.0. The number of benzene rings is 2. The number of fused-ring (bicyclic) bond motifs is 2. The van der Waals surface area contributed by atoms with Crippen LogP contribution in [0, 0.1) is 26.4 Å². The van der Waals surface area contributed by atoms with E-state index in [4.69, 9.17) is 28.0 Å². The number of rotatable bonds is 5. The Morgan fingerprint density at radius 3 is 2.53 bits per heavy atom. The van der Waals surface area contributed by atoms with Gasteiger partial charge in [-0.05, 0) is 42.5 Å². The molecule has 2 aromatic carbocycles. The minimum Gasteiger partial charge on any atom is -0.325 e. The highest BCUT2D eigenvalue weighted by atomic mass is 35.5. The molecule has 0 aliphatic heterocycles. The van der Waals surface area contributed by atoms with E-state index in [-0.39, 0.29) is 22.2 Å². The van der Waals surface area contributed by atoms with Crippen molar-refractivity contribution in [1.29, 1.82) is 0 Å². The molecule has 0 aromatic heterocycles. The number of carbonyl (C=O) groups is 2. The maximum absolute atomic E-state index is 13.5. The highest BCUT2D eigenvalue weighted by molar-refractivity contribution is 6.36. The molecule has 34 heavy (non-hydrogen) atoms. The number of nitrogens with one attached hydrogen (secondary N) is 1. The summed E-state index contributed by atoms with van der Waals surface area (Å²) in [5, 5.41) is 18.7. The lowest BCUT2D eigenvalue weighted by molar-refractivity contribution is -0.384. The largest absolute Gasteiger partial charge is 0.367 e. The van der Waals surface area contributed by atoms with Gasteiger partial charge in [0.25, 0.3) is 5.69 Å². The van der Waals surface area contributed by atoms with Gasteiger partial charge in [-0.25, -0.2) is 4.79 Å². The normalized spacial score (nSPS) is 25.9. The van der Waals surface area contributed by atoms with Crippen LogP contribution in [0.1, 0.15) is 50.4 Å². The maximum atomic E-state index is 13.5. The fourth-order valence-corrected chi connectivity index (χ4v) is 5.76. The Labute approximate surface area is 206 Å². The fourth-order valence-electron chi connectivity index (χ4n) is 5.27. The molecule has 0 saturated heterocycles. The molecule has 2 aromatic rings. The molecule has 2 aliphatic rings. The number of anilines is 1. The van der Waals surface area contributed by atoms with Crippen LogP contribution in [0.5, 0.6) is 0 Å². The predicted molar refractivity (Wildman–Crippen MR) is 129 cm³/mol. The molecule has 178 valence electrons. The second-order valence-corrected chi connectivity index (χ2v) is 10.4. The van der Waals surface area contributed by atoms with Crippen LogP contribution in [-0.4, -0.2) is 22.5 Å². The van der Waals surface area contributed by atoms with Crippen molar-refractivity contribution >= 4 is 52.2 Å². The number of nitro groups is 1. The average Bonchev–Trinajstić information content (AvgIpc) is 3.08. The number of non-ortho nitro benzene ring substituents is 1. The Morgan fingerprint density at radius 1 is 1.12 bits per heavy atom. The number of nitrogens with zero attached hydrogens (tertiary/aromatic N) is 2. The Kier molecular flexibility index (Phi) is 5.94. The zero-order valence-electron chi connectivity index (χ0n) is 18.9. The number of nitro benzene ring substituents is 1. The van der Waals surface area contributed by atoms with Crippen molar-refractivity contribution in [2.75, 3.05) is 5.32 Å². The maximum Gasteiger partial charge on any atom is 0.367 e. The first-order chi connectivity index (χ1) is 15.9. The number of amides is 1. The summed E-state index contributed by atoms with van der Waals surface area (Å²) in [6.45, 7) is 6.03.